The Morgan fingerprint density at radius 2 is 2.19 bits per heavy atom. The van der Waals surface area contributed by atoms with Crippen molar-refractivity contribution in [2.75, 3.05) is 12.4 Å². The Morgan fingerprint density at radius 1 is 1.42 bits per heavy atom. The van der Waals surface area contributed by atoms with Gasteiger partial charge in [0.05, 0.1) is 12.2 Å². The maximum absolute atomic E-state index is 13.1. The van der Waals surface area contributed by atoms with E-state index in [9.17, 15) is 14.0 Å². The van der Waals surface area contributed by atoms with Gasteiger partial charge >= 0.3 is 6.03 Å². The molecule has 0 saturated heterocycles. The quantitative estimate of drug-likeness (QED) is 0.813. The number of amides is 3. The van der Waals surface area contributed by atoms with Crippen molar-refractivity contribution in [3.63, 3.8) is 0 Å². The van der Waals surface area contributed by atoms with Crippen molar-refractivity contribution in [3.8, 4) is 0 Å². The predicted molar refractivity (Wildman–Crippen MR) is 98.1 cm³/mol. The van der Waals surface area contributed by atoms with Gasteiger partial charge in [0.1, 0.15) is 5.82 Å². The van der Waals surface area contributed by atoms with Crippen LogP contribution in [0.15, 0.2) is 29.6 Å². The van der Waals surface area contributed by atoms with Gasteiger partial charge in [0.2, 0.25) is 5.91 Å². The summed E-state index contributed by atoms with van der Waals surface area (Å²) in [5.74, 6) is 0.422. The number of nitrogens with zero attached hydrogens (tertiary/aromatic N) is 2. The normalized spacial score (nSPS) is 18.3. The van der Waals surface area contributed by atoms with Crippen LogP contribution in [0.4, 0.5) is 14.3 Å². The van der Waals surface area contributed by atoms with Crippen molar-refractivity contribution < 1.29 is 14.0 Å². The van der Waals surface area contributed by atoms with Gasteiger partial charge in [-0.1, -0.05) is 19.1 Å². The van der Waals surface area contributed by atoms with E-state index in [1.54, 1.807) is 24.1 Å². The molecule has 3 amide bonds. The summed E-state index contributed by atoms with van der Waals surface area (Å²) in [7, 11) is 1.77. The number of halogens is 1. The minimum atomic E-state index is -0.411. The molecule has 0 radical (unpaired) electrons. The minimum Gasteiger partial charge on any atom is -0.340 e. The molecule has 1 aromatic heterocycles. The van der Waals surface area contributed by atoms with Crippen molar-refractivity contribution in [2.24, 2.45) is 11.8 Å². The second kappa shape index (κ2) is 7.82. The Bertz CT molecular complexity index is 810. The van der Waals surface area contributed by atoms with Crippen LogP contribution in [-0.4, -0.2) is 28.9 Å². The van der Waals surface area contributed by atoms with E-state index in [1.807, 2.05) is 5.38 Å². The molecule has 0 aliphatic heterocycles. The lowest BCUT2D eigenvalue weighted by molar-refractivity contribution is -0.132. The van der Waals surface area contributed by atoms with Crippen molar-refractivity contribution in [1.29, 1.82) is 0 Å². The average molecular weight is 376 g/mol. The lowest BCUT2D eigenvalue weighted by Crippen LogP contribution is -2.29. The second-order valence-electron chi connectivity index (χ2n) is 6.60. The van der Waals surface area contributed by atoms with Gasteiger partial charge in [-0.3, -0.25) is 10.1 Å². The molecule has 2 atom stereocenters. The monoisotopic (exact) mass is 376 g/mol. The van der Waals surface area contributed by atoms with Crippen LogP contribution in [-0.2, 0) is 17.9 Å². The van der Waals surface area contributed by atoms with E-state index in [2.05, 4.69) is 22.5 Å². The molecule has 1 fully saturated rings. The van der Waals surface area contributed by atoms with Crippen LogP contribution >= 0.6 is 11.3 Å². The van der Waals surface area contributed by atoms with Gasteiger partial charge in [0, 0.05) is 24.9 Å². The maximum Gasteiger partial charge on any atom is 0.321 e. The Balaban J connectivity index is 1.46. The molecule has 1 aliphatic carbocycles. The smallest absolute Gasteiger partial charge is 0.321 e. The molecule has 138 valence electrons. The molecule has 3 rings (SSSR count). The van der Waals surface area contributed by atoms with Gasteiger partial charge in [-0.15, -0.1) is 11.3 Å². The highest BCUT2D eigenvalue weighted by atomic mass is 32.1. The molecule has 2 N–H and O–H groups in total. The summed E-state index contributed by atoms with van der Waals surface area (Å²) >= 11 is 1.30. The highest BCUT2D eigenvalue weighted by molar-refractivity contribution is 7.13. The number of rotatable bonds is 6. The number of urea groups is 1. The summed E-state index contributed by atoms with van der Waals surface area (Å²) in [4.78, 5) is 30.1. The lowest BCUT2D eigenvalue weighted by Gasteiger charge is -2.15. The SMILES string of the molecule is CC1CC1C(=O)N(C)Cc1csc(NC(=O)NCc2cccc(F)c2)n1. The first-order valence-corrected chi connectivity index (χ1v) is 9.29. The fourth-order valence-electron chi connectivity index (χ4n) is 2.68. The predicted octanol–water partition coefficient (Wildman–Crippen LogP) is 3.22. The van der Waals surface area contributed by atoms with Crippen LogP contribution in [0, 0.1) is 17.7 Å². The second-order valence-corrected chi connectivity index (χ2v) is 7.45. The third-order valence-electron chi connectivity index (χ3n) is 4.32. The third kappa shape index (κ3) is 4.78. The van der Waals surface area contributed by atoms with Crippen LogP contribution in [0.3, 0.4) is 0 Å². The summed E-state index contributed by atoms with van der Waals surface area (Å²) in [6.07, 6.45) is 0.957. The van der Waals surface area contributed by atoms with Gasteiger partial charge in [-0.2, -0.15) is 0 Å². The molecule has 1 saturated carbocycles. The van der Waals surface area contributed by atoms with E-state index in [1.165, 1.54) is 23.5 Å². The van der Waals surface area contributed by atoms with E-state index in [0.717, 1.165) is 12.1 Å². The zero-order chi connectivity index (χ0) is 18.7. The Labute approximate surface area is 155 Å². The number of anilines is 1. The van der Waals surface area contributed by atoms with Gasteiger partial charge in [-0.05, 0) is 30.0 Å². The van der Waals surface area contributed by atoms with Crippen LogP contribution in [0.5, 0.6) is 0 Å². The molecule has 26 heavy (non-hydrogen) atoms. The van der Waals surface area contributed by atoms with Crippen LogP contribution in [0.2, 0.25) is 0 Å². The van der Waals surface area contributed by atoms with E-state index in [4.69, 9.17) is 0 Å². The summed E-state index contributed by atoms with van der Waals surface area (Å²) in [6, 6.07) is 5.64. The highest BCUT2D eigenvalue weighted by Crippen LogP contribution is 2.39. The number of carbonyl (C=O) groups is 2. The van der Waals surface area contributed by atoms with Gasteiger partial charge in [0.15, 0.2) is 5.13 Å². The molecule has 2 unspecified atom stereocenters. The summed E-state index contributed by atoms with van der Waals surface area (Å²) in [5.41, 5.74) is 1.41. The van der Waals surface area contributed by atoms with Crippen molar-refractivity contribution in [2.45, 2.75) is 26.4 Å². The summed E-state index contributed by atoms with van der Waals surface area (Å²) < 4.78 is 13.1. The largest absolute Gasteiger partial charge is 0.340 e. The fraction of sp³-hybridized carbons (Fsp3) is 0.389. The summed E-state index contributed by atoms with van der Waals surface area (Å²) in [5, 5.41) is 7.59. The molecule has 0 spiro atoms. The lowest BCUT2D eigenvalue weighted by atomic mass is 10.2. The molecule has 1 heterocycles. The number of nitrogens with one attached hydrogen (secondary N) is 2. The van der Waals surface area contributed by atoms with Crippen molar-refractivity contribution in [3.05, 3.63) is 46.7 Å². The van der Waals surface area contributed by atoms with Gasteiger partial charge < -0.3 is 10.2 Å². The topological polar surface area (TPSA) is 74.3 Å². The highest BCUT2D eigenvalue weighted by Gasteiger charge is 2.40. The molecule has 2 aromatic rings. The van der Waals surface area contributed by atoms with Gasteiger partial charge in [0.25, 0.3) is 0 Å². The summed E-state index contributed by atoms with van der Waals surface area (Å²) in [6.45, 7) is 2.72. The van der Waals surface area contributed by atoms with E-state index in [-0.39, 0.29) is 24.2 Å². The van der Waals surface area contributed by atoms with Crippen molar-refractivity contribution in [1.82, 2.24) is 15.2 Å². The molecule has 8 heteroatoms. The first-order valence-electron chi connectivity index (χ1n) is 8.41. The van der Waals surface area contributed by atoms with E-state index in [0.29, 0.717) is 23.2 Å². The number of hydrogen-bond donors (Lipinski definition) is 2. The first kappa shape index (κ1) is 18.3. The van der Waals surface area contributed by atoms with E-state index >= 15 is 0 Å². The zero-order valence-corrected chi connectivity index (χ0v) is 15.5. The number of hydrogen-bond acceptors (Lipinski definition) is 4. The zero-order valence-electron chi connectivity index (χ0n) is 14.7. The Morgan fingerprint density at radius 3 is 2.88 bits per heavy atom. The fourth-order valence-corrected chi connectivity index (χ4v) is 3.37. The van der Waals surface area contributed by atoms with Crippen LogP contribution < -0.4 is 10.6 Å². The maximum atomic E-state index is 13.1. The number of benzene rings is 1. The minimum absolute atomic E-state index is 0.143. The third-order valence-corrected chi connectivity index (χ3v) is 5.12. The Hall–Kier alpha value is -2.48. The number of carbonyl (C=O) groups excluding carboxylic acids is 2. The van der Waals surface area contributed by atoms with Gasteiger partial charge in [-0.25, -0.2) is 14.2 Å². The van der Waals surface area contributed by atoms with Crippen LogP contribution in [0.1, 0.15) is 24.6 Å². The van der Waals surface area contributed by atoms with Crippen molar-refractivity contribution >= 4 is 28.4 Å². The molecular weight excluding hydrogens is 355 g/mol. The molecule has 1 aliphatic rings. The number of aromatic nitrogens is 1. The first-order chi connectivity index (χ1) is 12.4. The molecule has 0 bridgehead atoms. The average Bonchev–Trinajstić information content (AvgIpc) is 3.17. The van der Waals surface area contributed by atoms with E-state index < -0.39 is 6.03 Å². The van der Waals surface area contributed by atoms with Crippen LogP contribution in [0.25, 0.3) is 0 Å². The molecule has 1 aromatic carbocycles. The Kier molecular flexibility index (Phi) is 5.51. The number of thiazole rings is 1. The molecule has 6 nitrogen and oxygen atoms in total. The molecular formula is C18H21FN4O2S. The standard InChI is InChI=1S/C18H21FN4O2S/c1-11-6-15(11)16(24)23(2)9-14-10-26-18(21-14)22-17(25)20-8-12-4-3-5-13(19)7-12/h3-5,7,10-11,15H,6,8-9H2,1-2H3,(H2,20,21,22,25).